The predicted molar refractivity (Wildman–Crippen MR) is 81.5 cm³/mol. The van der Waals surface area contributed by atoms with Gasteiger partial charge >= 0.3 is 0 Å². The van der Waals surface area contributed by atoms with Crippen LogP contribution in [0.15, 0.2) is 48.0 Å². The van der Waals surface area contributed by atoms with E-state index in [1.807, 2.05) is 18.2 Å². The Hall–Kier alpha value is -2.22. The molecular weight excluding hydrogens is 248 g/mol. The van der Waals surface area contributed by atoms with Crippen molar-refractivity contribution in [3.05, 3.63) is 64.7 Å². The standard InChI is InChI=1S/C18H18O2/c1-12-11-13-7-4-5-8-14(13)17(12)18-15(19-2)9-6-10-16(18)20-3/h4-11,17H,1-3H3/t17-/m1/s1. The minimum Gasteiger partial charge on any atom is -0.496 e. The van der Waals surface area contributed by atoms with Gasteiger partial charge in [-0.3, -0.25) is 0 Å². The second-order valence-electron chi connectivity index (χ2n) is 5.03. The fraction of sp³-hybridized carbons (Fsp3) is 0.222. The van der Waals surface area contributed by atoms with E-state index in [9.17, 15) is 0 Å². The van der Waals surface area contributed by atoms with Crippen LogP contribution in [0.25, 0.3) is 6.08 Å². The smallest absolute Gasteiger partial charge is 0.126 e. The molecule has 0 aromatic heterocycles. The van der Waals surface area contributed by atoms with Crippen LogP contribution >= 0.6 is 0 Å². The summed E-state index contributed by atoms with van der Waals surface area (Å²) in [6, 6.07) is 14.4. The normalized spacial score (nSPS) is 16.6. The van der Waals surface area contributed by atoms with Gasteiger partial charge in [-0.2, -0.15) is 0 Å². The summed E-state index contributed by atoms with van der Waals surface area (Å²) >= 11 is 0. The van der Waals surface area contributed by atoms with Crippen molar-refractivity contribution in [3.63, 3.8) is 0 Å². The Morgan fingerprint density at radius 2 is 1.50 bits per heavy atom. The summed E-state index contributed by atoms with van der Waals surface area (Å²) in [6.45, 7) is 2.16. The summed E-state index contributed by atoms with van der Waals surface area (Å²) < 4.78 is 11.1. The first-order valence-corrected chi connectivity index (χ1v) is 6.74. The topological polar surface area (TPSA) is 18.5 Å². The quantitative estimate of drug-likeness (QED) is 0.826. The lowest BCUT2D eigenvalue weighted by molar-refractivity contribution is 0.384. The van der Waals surface area contributed by atoms with Crippen LogP contribution in [0.5, 0.6) is 11.5 Å². The third kappa shape index (κ3) is 1.88. The third-order valence-corrected chi connectivity index (χ3v) is 3.90. The van der Waals surface area contributed by atoms with Gasteiger partial charge in [0.1, 0.15) is 11.5 Å². The molecule has 0 unspecified atom stereocenters. The maximum absolute atomic E-state index is 5.56. The number of hydrogen-bond acceptors (Lipinski definition) is 2. The summed E-state index contributed by atoms with van der Waals surface area (Å²) in [5, 5.41) is 0. The largest absolute Gasteiger partial charge is 0.496 e. The highest BCUT2D eigenvalue weighted by atomic mass is 16.5. The third-order valence-electron chi connectivity index (χ3n) is 3.90. The van der Waals surface area contributed by atoms with Crippen molar-refractivity contribution in [2.75, 3.05) is 14.2 Å². The molecule has 102 valence electrons. The molecule has 0 fully saturated rings. The van der Waals surface area contributed by atoms with E-state index in [0.29, 0.717) is 0 Å². The van der Waals surface area contributed by atoms with Crippen LogP contribution in [0.4, 0.5) is 0 Å². The molecule has 0 aliphatic heterocycles. The van der Waals surface area contributed by atoms with Gasteiger partial charge in [-0.15, -0.1) is 0 Å². The Kier molecular flexibility index (Phi) is 3.23. The summed E-state index contributed by atoms with van der Waals surface area (Å²) in [5.74, 6) is 1.95. The van der Waals surface area contributed by atoms with Gasteiger partial charge in [0.25, 0.3) is 0 Å². The van der Waals surface area contributed by atoms with Gasteiger partial charge in [0, 0.05) is 11.5 Å². The van der Waals surface area contributed by atoms with Gasteiger partial charge in [-0.1, -0.05) is 42.0 Å². The zero-order chi connectivity index (χ0) is 14.1. The average Bonchev–Trinajstić information content (AvgIpc) is 2.81. The van der Waals surface area contributed by atoms with Crippen molar-refractivity contribution < 1.29 is 9.47 Å². The van der Waals surface area contributed by atoms with Crippen molar-refractivity contribution in [3.8, 4) is 11.5 Å². The van der Waals surface area contributed by atoms with Crippen molar-refractivity contribution in [1.29, 1.82) is 0 Å². The van der Waals surface area contributed by atoms with Crippen LogP contribution in [0.2, 0.25) is 0 Å². The highest BCUT2D eigenvalue weighted by Gasteiger charge is 2.29. The fourth-order valence-electron chi connectivity index (χ4n) is 3.03. The van der Waals surface area contributed by atoms with Crippen LogP contribution in [0.1, 0.15) is 29.5 Å². The van der Waals surface area contributed by atoms with Gasteiger partial charge in [0.15, 0.2) is 0 Å². The van der Waals surface area contributed by atoms with Crippen LogP contribution in [0.3, 0.4) is 0 Å². The number of methoxy groups -OCH3 is 2. The summed E-state index contributed by atoms with van der Waals surface area (Å²) in [7, 11) is 3.41. The van der Waals surface area contributed by atoms with Crippen LogP contribution < -0.4 is 9.47 Å². The number of benzene rings is 2. The molecule has 0 saturated heterocycles. The lowest BCUT2D eigenvalue weighted by Gasteiger charge is -2.21. The van der Waals surface area contributed by atoms with Gasteiger partial charge in [0.2, 0.25) is 0 Å². The molecule has 0 spiro atoms. The van der Waals surface area contributed by atoms with E-state index in [1.54, 1.807) is 14.2 Å². The van der Waals surface area contributed by atoms with Crippen LogP contribution in [-0.2, 0) is 0 Å². The monoisotopic (exact) mass is 266 g/mol. The number of rotatable bonds is 3. The van der Waals surface area contributed by atoms with Gasteiger partial charge < -0.3 is 9.47 Å². The van der Waals surface area contributed by atoms with E-state index in [1.165, 1.54) is 16.7 Å². The first-order valence-electron chi connectivity index (χ1n) is 6.74. The van der Waals surface area contributed by atoms with E-state index in [-0.39, 0.29) is 5.92 Å². The molecule has 2 heteroatoms. The van der Waals surface area contributed by atoms with Crippen LogP contribution in [0, 0.1) is 0 Å². The molecule has 0 saturated carbocycles. The molecule has 2 nitrogen and oxygen atoms in total. The molecule has 3 rings (SSSR count). The SMILES string of the molecule is COc1cccc(OC)c1[C@@H]1C(C)=Cc2ccccc21. The molecule has 0 N–H and O–H groups in total. The minimum absolute atomic E-state index is 0.206. The highest BCUT2D eigenvalue weighted by molar-refractivity contribution is 5.71. The van der Waals surface area contributed by atoms with E-state index in [0.717, 1.165) is 17.1 Å². The Bertz CT molecular complexity index is 649. The number of fused-ring (bicyclic) bond motifs is 1. The number of allylic oxidation sites excluding steroid dienone is 1. The molecule has 2 aromatic rings. The first kappa shape index (κ1) is 12.8. The highest BCUT2D eigenvalue weighted by Crippen LogP contribution is 2.47. The maximum Gasteiger partial charge on any atom is 0.126 e. The second-order valence-corrected chi connectivity index (χ2v) is 5.03. The van der Waals surface area contributed by atoms with E-state index < -0.39 is 0 Å². The minimum atomic E-state index is 0.206. The summed E-state index contributed by atoms with van der Waals surface area (Å²) in [5.41, 5.74) is 5.01. The van der Waals surface area contributed by atoms with E-state index in [4.69, 9.17) is 9.47 Å². The lowest BCUT2D eigenvalue weighted by Crippen LogP contribution is -2.05. The molecule has 0 amide bonds. The summed E-state index contributed by atoms with van der Waals surface area (Å²) in [4.78, 5) is 0. The summed E-state index contributed by atoms with van der Waals surface area (Å²) in [6.07, 6.45) is 2.24. The average molecular weight is 266 g/mol. The Balaban J connectivity index is 2.22. The zero-order valence-electron chi connectivity index (χ0n) is 12.0. The number of hydrogen-bond donors (Lipinski definition) is 0. The molecule has 2 aromatic carbocycles. The van der Waals surface area contributed by atoms with Gasteiger partial charge in [-0.05, 0) is 30.2 Å². The molecule has 0 radical (unpaired) electrons. The molecule has 1 atom stereocenters. The predicted octanol–water partition coefficient (Wildman–Crippen LogP) is 4.25. The van der Waals surface area contributed by atoms with Gasteiger partial charge in [0.05, 0.1) is 14.2 Å². The second kappa shape index (κ2) is 5.04. The fourth-order valence-corrected chi connectivity index (χ4v) is 3.03. The Morgan fingerprint density at radius 3 is 2.15 bits per heavy atom. The van der Waals surface area contributed by atoms with Crippen molar-refractivity contribution in [1.82, 2.24) is 0 Å². The Labute approximate surface area is 119 Å². The lowest BCUT2D eigenvalue weighted by atomic mass is 9.88. The first-order chi connectivity index (χ1) is 9.76. The van der Waals surface area contributed by atoms with E-state index in [2.05, 4.69) is 37.3 Å². The van der Waals surface area contributed by atoms with E-state index >= 15 is 0 Å². The van der Waals surface area contributed by atoms with Crippen molar-refractivity contribution >= 4 is 6.08 Å². The molecule has 1 aliphatic rings. The Morgan fingerprint density at radius 1 is 0.850 bits per heavy atom. The molecule has 1 aliphatic carbocycles. The molecule has 0 bridgehead atoms. The van der Waals surface area contributed by atoms with Crippen LogP contribution in [-0.4, -0.2) is 14.2 Å². The zero-order valence-corrected chi connectivity index (χ0v) is 12.0. The van der Waals surface area contributed by atoms with Crippen molar-refractivity contribution in [2.45, 2.75) is 12.8 Å². The maximum atomic E-state index is 5.56. The molecular formula is C18H18O2. The number of ether oxygens (including phenoxy) is 2. The van der Waals surface area contributed by atoms with Crippen molar-refractivity contribution in [2.24, 2.45) is 0 Å². The van der Waals surface area contributed by atoms with Gasteiger partial charge in [-0.25, -0.2) is 0 Å². The molecule has 20 heavy (non-hydrogen) atoms. The molecule has 0 heterocycles.